The van der Waals surface area contributed by atoms with Gasteiger partial charge < -0.3 is 5.32 Å². The molecule has 2 unspecified atom stereocenters. The average Bonchev–Trinajstić information content (AvgIpc) is 3.06. The third-order valence-electron chi connectivity index (χ3n) is 3.90. The van der Waals surface area contributed by atoms with Gasteiger partial charge in [0.2, 0.25) is 5.91 Å². The molecule has 1 aliphatic heterocycles. The summed E-state index contributed by atoms with van der Waals surface area (Å²) in [6.07, 6.45) is 3.20. The lowest BCUT2D eigenvalue weighted by atomic mass is 10.0. The van der Waals surface area contributed by atoms with Crippen molar-refractivity contribution in [2.75, 3.05) is 6.54 Å². The smallest absolute Gasteiger partial charge is 0.238 e. The maximum Gasteiger partial charge on any atom is 0.238 e. The van der Waals surface area contributed by atoms with E-state index in [2.05, 4.69) is 21.2 Å². The zero-order valence-electron chi connectivity index (χ0n) is 12.6. The molecule has 120 valence electrons. The largest absolute Gasteiger partial charge is 0.354 e. The molecule has 1 aromatic carbocycles. The molecule has 2 aromatic rings. The predicted molar refractivity (Wildman–Crippen MR) is 89.8 cm³/mol. The first-order chi connectivity index (χ1) is 11.2. The minimum absolute atomic E-state index is 0.00453. The van der Waals surface area contributed by atoms with Crippen LogP contribution in [-0.4, -0.2) is 23.5 Å². The molecule has 1 amide bonds. The van der Waals surface area contributed by atoms with Crippen molar-refractivity contribution in [3.05, 3.63) is 64.9 Å². The van der Waals surface area contributed by atoms with Crippen molar-refractivity contribution < 1.29 is 4.79 Å². The quantitative estimate of drug-likeness (QED) is 0.784. The van der Waals surface area contributed by atoms with Crippen LogP contribution in [0.1, 0.15) is 23.7 Å². The molecule has 2 atom stereocenters. The van der Waals surface area contributed by atoms with E-state index in [4.69, 9.17) is 11.6 Å². The van der Waals surface area contributed by atoms with Gasteiger partial charge in [0.05, 0.1) is 0 Å². The number of amides is 1. The molecule has 1 aromatic heterocycles. The van der Waals surface area contributed by atoms with Crippen LogP contribution in [0.4, 0.5) is 0 Å². The van der Waals surface area contributed by atoms with Crippen molar-refractivity contribution in [2.45, 2.75) is 24.9 Å². The van der Waals surface area contributed by atoms with Crippen molar-refractivity contribution in [3.8, 4) is 0 Å². The molecule has 0 bridgehead atoms. The number of nitrogens with zero attached hydrogens (tertiary/aromatic N) is 1. The minimum atomic E-state index is -0.237. The van der Waals surface area contributed by atoms with Crippen LogP contribution in [0.25, 0.3) is 0 Å². The van der Waals surface area contributed by atoms with Crippen molar-refractivity contribution >= 4 is 17.5 Å². The lowest BCUT2D eigenvalue weighted by molar-refractivity contribution is -0.122. The number of halogens is 1. The zero-order valence-corrected chi connectivity index (χ0v) is 13.4. The van der Waals surface area contributed by atoms with Crippen molar-refractivity contribution in [1.29, 1.82) is 0 Å². The molecule has 1 fully saturated rings. The Kier molecular flexibility index (Phi) is 5.23. The standard InChI is InChI=1S/C17H19ClN4O/c18-13-6-4-12(5-7-13)15-11-16(22-21-15)17(23)20-10-8-14-3-1-2-9-19-14/h1-7,9,15-16,21-22H,8,10-11H2,(H,20,23). The highest BCUT2D eigenvalue weighted by atomic mass is 35.5. The Labute approximate surface area is 140 Å². The first-order valence-corrected chi connectivity index (χ1v) is 8.04. The summed E-state index contributed by atoms with van der Waals surface area (Å²) < 4.78 is 0. The predicted octanol–water partition coefficient (Wildman–Crippen LogP) is 2.00. The third kappa shape index (κ3) is 4.28. The summed E-state index contributed by atoms with van der Waals surface area (Å²) in [5.74, 6) is 0.00453. The molecule has 3 rings (SSSR count). The SMILES string of the molecule is O=C(NCCc1ccccn1)C1CC(c2ccc(Cl)cc2)NN1. The van der Waals surface area contributed by atoms with Gasteiger partial charge in [0, 0.05) is 35.9 Å². The fraction of sp³-hybridized carbons (Fsp3) is 0.294. The summed E-state index contributed by atoms with van der Waals surface area (Å²) in [6.45, 7) is 0.583. The van der Waals surface area contributed by atoms with Crippen molar-refractivity contribution in [3.63, 3.8) is 0 Å². The molecule has 6 heteroatoms. The van der Waals surface area contributed by atoms with Crippen LogP contribution in [0.3, 0.4) is 0 Å². The third-order valence-corrected chi connectivity index (χ3v) is 4.15. The molecule has 2 heterocycles. The number of hydrazine groups is 1. The number of nitrogens with one attached hydrogen (secondary N) is 3. The zero-order chi connectivity index (χ0) is 16.1. The highest BCUT2D eigenvalue weighted by Crippen LogP contribution is 2.23. The summed E-state index contributed by atoms with van der Waals surface area (Å²) in [6, 6.07) is 13.3. The van der Waals surface area contributed by atoms with Gasteiger partial charge in [0.25, 0.3) is 0 Å². The molecule has 1 aliphatic rings. The molecule has 5 nitrogen and oxygen atoms in total. The van der Waals surface area contributed by atoms with Crippen LogP contribution in [0.5, 0.6) is 0 Å². The Morgan fingerprint density at radius 1 is 1.22 bits per heavy atom. The Balaban J connectivity index is 1.46. The van der Waals surface area contributed by atoms with Crippen LogP contribution in [0.15, 0.2) is 48.7 Å². The lowest BCUT2D eigenvalue weighted by Gasteiger charge is -2.10. The number of carbonyl (C=O) groups is 1. The Hall–Kier alpha value is -1.95. The van der Waals surface area contributed by atoms with Gasteiger partial charge in [-0.05, 0) is 36.2 Å². The van der Waals surface area contributed by atoms with Gasteiger partial charge in [-0.15, -0.1) is 0 Å². The lowest BCUT2D eigenvalue weighted by Crippen LogP contribution is -2.43. The summed E-state index contributed by atoms with van der Waals surface area (Å²) in [5, 5.41) is 3.66. The van der Waals surface area contributed by atoms with Crippen LogP contribution in [-0.2, 0) is 11.2 Å². The summed E-state index contributed by atoms with van der Waals surface area (Å²) in [7, 11) is 0. The van der Waals surface area contributed by atoms with Crippen molar-refractivity contribution in [1.82, 2.24) is 21.2 Å². The van der Waals surface area contributed by atoms with Crippen LogP contribution < -0.4 is 16.2 Å². The monoisotopic (exact) mass is 330 g/mol. The second kappa shape index (κ2) is 7.55. The summed E-state index contributed by atoms with van der Waals surface area (Å²) in [4.78, 5) is 16.5. The fourth-order valence-electron chi connectivity index (χ4n) is 2.62. The second-order valence-electron chi connectivity index (χ2n) is 5.54. The van der Waals surface area contributed by atoms with E-state index in [9.17, 15) is 4.79 Å². The Morgan fingerprint density at radius 3 is 2.78 bits per heavy atom. The maximum atomic E-state index is 12.2. The van der Waals surface area contributed by atoms with Gasteiger partial charge in [-0.25, -0.2) is 10.9 Å². The Morgan fingerprint density at radius 2 is 2.04 bits per heavy atom. The molecule has 1 saturated heterocycles. The van der Waals surface area contributed by atoms with E-state index in [0.29, 0.717) is 18.0 Å². The molecule has 0 aliphatic carbocycles. The number of hydrogen-bond donors (Lipinski definition) is 3. The first-order valence-electron chi connectivity index (χ1n) is 7.66. The van der Waals surface area contributed by atoms with E-state index in [1.54, 1.807) is 6.20 Å². The molecule has 0 spiro atoms. The van der Waals surface area contributed by atoms with Gasteiger partial charge in [-0.1, -0.05) is 29.8 Å². The van der Waals surface area contributed by atoms with Gasteiger partial charge in [0.1, 0.15) is 6.04 Å². The van der Waals surface area contributed by atoms with Crippen LogP contribution in [0.2, 0.25) is 5.02 Å². The second-order valence-corrected chi connectivity index (χ2v) is 5.98. The van der Waals surface area contributed by atoms with E-state index in [0.717, 1.165) is 17.7 Å². The number of hydrogen-bond acceptors (Lipinski definition) is 4. The van der Waals surface area contributed by atoms with E-state index in [1.165, 1.54) is 0 Å². The van der Waals surface area contributed by atoms with E-state index in [-0.39, 0.29) is 18.0 Å². The number of pyridine rings is 1. The van der Waals surface area contributed by atoms with Crippen molar-refractivity contribution in [2.24, 2.45) is 0 Å². The number of benzene rings is 1. The molecule has 0 radical (unpaired) electrons. The fourth-order valence-corrected chi connectivity index (χ4v) is 2.75. The molecule has 0 saturated carbocycles. The average molecular weight is 331 g/mol. The van der Waals surface area contributed by atoms with Crippen LogP contribution >= 0.6 is 11.6 Å². The normalized spacial score (nSPS) is 20.4. The highest BCUT2D eigenvalue weighted by molar-refractivity contribution is 6.30. The van der Waals surface area contributed by atoms with Gasteiger partial charge in [-0.3, -0.25) is 9.78 Å². The maximum absolute atomic E-state index is 12.2. The Bertz CT molecular complexity index is 647. The number of rotatable bonds is 5. The van der Waals surface area contributed by atoms with E-state index < -0.39 is 0 Å². The topological polar surface area (TPSA) is 66.0 Å². The van der Waals surface area contributed by atoms with E-state index >= 15 is 0 Å². The molecule has 23 heavy (non-hydrogen) atoms. The minimum Gasteiger partial charge on any atom is -0.354 e. The van der Waals surface area contributed by atoms with Crippen LogP contribution in [0, 0.1) is 0 Å². The number of carbonyl (C=O) groups excluding carboxylic acids is 1. The summed E-state index contributed by atoms with van der Waals surface area (Å²) >= 11 is 5.90. The van der Waals surface area contributed by atoms with Gasteiger partial charge in [0.15, 0.2) is 0 Å². The number of aromatic nitrogens is 1. The molecule has 3 N–H and O–H groups in total. The van der Waals surface area contributed by atoms with Gasteiger partial charge in [-0.2, -0.15) is 0 Å². The highest BCUT2D eigenvalue weighted by Gasteiger charge is 2.29. The van der Waals surface area contributed by atoms with E-state index in [1.807, 2.05) is 42.5 Å². The summed E-state index contributed by atoms with van der Waals surface area (Å²) in [5.41, 5.74) is 8.32. The first kappa shape index (κ1) is 15.9. The molecular formula is C17H19ClN4O. The molecular weight excluding hydrogens is 312 g/mol. The van der Waals surface area contributed by atoms with Gasteiger partial charge >= 0.3 is 0 Å².